The number of ether oxygens (including phenoxy) is 1. The number of nitrogens with one attached hydrogen (secondary N) is 1. The monoisotopic (exact) mass is 173 g/mol. The highest BCUT2D eigenvalue weighted by Gasteiger charge is 2.34. The Balaban J connectivity index is 2.48. The predicted molar refractivity (Wildman–Crippen MR) is 48.1 cm³/mol. The van der Waals surface area contributed by atoms with Crippen molar-refractivity contribution in [1.29, 1.82) is 0 Å². The third-order valence-corrected chi connectivity index (χ3v) is 2.63. The van der Waals surface area contributed by atoms with Gasteiger partial charge in [-0.15, -0.1) is 0 Å². The second kappa shape index (κ2) is 3.73. The maximum Gasteiger partial charge on any atom is 0.0642 e. The standard InChI is InChI=1S/C9H19NO2/c1-7-5-10-9(2,6-12-3)4-8(7)11/h7-8,10-11H,4-6H2,1-3H3/t7-,8+,9+/m0/s1. The fourth-order valence-corrected chi connectivity index (χ4v) is 1.71. The van der Waals surface area contributed by atoms with Gasteiger partial charge in [-0.05, 0) is 19.3 Å². The van der Waals surface area contributed by atoms with Crippen molar-refractivity contribution in [3.63, 3.8) is 0 Å². The first kappa shape index (κ1) is 9.96. The summed E-state index contributed by atoms with van der Waals surface area (Å²) < 4.78 is 5.09. The average Bonchev–Trinajstić information content (AvgIpc) is 1.98. The molecule has 3 heteroatoms. The molecule has 72 valence electrons. The molecule has 0 aromatic carbocycles. The molecule has 0 spiro atoms. The second-order valence-corrected chi connectivity index (χ2v) is 4.12. The van der Waals surface area contributed by atoms with Crippen molar-refractivity contribution in [2.45, 2.75) is 31.9 Å². The van der Waals surface area contributed by atoms with Gasteiger partial charge in [0.1, 0.15) is 0 Å². The molecule has 0 unspecified atom stereocenters. The zero-order valence-electron chi connectivity index (χ0n) is 8.13. The molecule has 1 heterocycles. The number of hydrogen-bond donors (Lipinski definition) is 2. The van der Waals surface area contributed by atoms with Crippen LogP contribution in [0.2, 0.25) is 0 Å². The summed E-state index contributed by atoms with van der Waals surface area (Å²) in [5.74, 6) is 0.356. The molecule has 0 aromatic heterocycles. The van der Waals surface area contributed by atoms with Gasteiger partial charge in [0.05, 0.1) is 12.7 Å². The lowest BCUT2D eigenvalue weighted by atomic mass is 9.85. The molecule has 1 fully saturated rings. The largest absolute Gasteiger partial charge is 0.393 e. The SMILES string of the molecule is COC[C@@]1(C)C[C@@H](O)[C@@H](C)CN1. The van der Waals surface area contributed by atoms with Crippen molar-refractivity contribution in [3.8, 4) is 0 Å². The molecule has 1 saturated heterocycles. The van der Waals surface area contributed by atoms with Crippen molar-refractivity contribution in [2.75, 3.05) is 20.3 Å². The number of methoxy groups -OCH3 is 1. The number of aliphatic hydroxyl groups is 1. The van der Waals surface area contributed by atoms with Crippen LogP contribution >= 0.6 is 0 Å². The third kappa shape index (κ3) is 2.19. The molecule has 3 atom stereocenters. The normalized spacial score (nSPS) is 43.0. The van der Waals surface area contributed by atoms with Gasteiger partial charge in [0.2, 0.25) is 0 Å². The molecule has 0 aliphatic carbocycles. The molecule has 1 aliphatic rings. The van der Waals surface area contributed by atoms with E-state index in [1.54, 1.807) is 7.11 Å². The van der Waals surface area contributed by atoms with Gasteiger partial charge >= 0.3 is 0 Å². The van der Waals surface area contributed by atoms with Crippen molar-refractivity contribution >= 4 is 0 Å². The molecule has 0 bridgehead atoms. The Hall–Kier alpha value is -0.120. The number of rotatable bonds is 2. The number of piperidine rings is 1. The van der Waals surface area contributed by atoms with Gasteiger partial charge in [0, 0.05) is 19.2 Å². The summed E-state index contributed by atoms with van der Waals surface area (Å²) in [6, 6.07) is 0. The Labute approximate surface area is 74.1 Å². The summed E-state index contributed by atoms with van der Waals surface area (Å²) in [6.07, 6.45) is 0.591. The minimum absolute atomic E-state index is 0.0410. The quantitative estimate of drug-likeness (QED) is 0.634. The van der Waals surface area contributed by atoms with Crippen LogP contribution in [0.25, 0.3) is 0 Å². The van der Waals surface area contributed by atoms with Crippen LogP contribution in [-0.2, 0) is 4.74 Å². The summed E-state index contributed by atoms with van der Waals surface area (Å²) in [5, 5.41) is 13.0. The first-order valence-corrected chi connectivity index (χ1v) is 4.49. The van der Waals surface area contributed by atoms with E-state index in [0.717, 1.165) is 13.0 Å². The van der Waals surface area contributed by atoms with Gasteiger partial charge in [-0.25, -0.2) is 0 Å². The molecule has 0 amide bonds. The van der Waals surface area contributed by atoms with E-state index in [2.05, 4.69) is 19.2 Å². The Bertz CT molecular complexity index is 151. The van der Waals surface area contributed by atoms with Crippen LogP contribution in [0.15, 0.2) is 0 Å². The van der Waals surface area contributed by atoms with E-state index in [0.29, 0.717) is 12.5 Å². The third-order valence-electron chi connectivity index (χ3n) is 2.63. The van der Waals surface area contributed by atoms with Crippen LogP contribution in [0.3, 0.4) is 0 Å². The smallest absolute Gasteiger partial charge is 0.0642 e. The van der Waals surface area contributed by atoms with Crippen molar-refractivity contribution in [2.24, 2.45) is 5.92 Å². The van der Waals surface area contributed by atoms with Crippen LogP contribution in [0, 0.1) is 5.92 Å². The zero-order valence-corrected chi connectivity index (χ0v) is 8.13. The van der Waals surface area contributed by atoms with Crippen molar-refractivity contribution in [3.05, 3.63) is 0 Å². The van der Waals surface area contributed by atoms with E-state index >= 15 is 0 Å². The topological polar surface area (TPSA) is 41.5 Å². The minimum atomic E-state index is -0.189. The van der Waals surface area contributed by atoms with Crippen molar-refractivity contribution < 1.29 is 9.84 Å². The average molecular weight is 173 g/mol. The molecule has 3 nitrogen and oxygen atoms in total. The van der Waals surface area contributed by atoms with Crippen LogP contribution in [-0.4, -0.2) is 37.0 Å². The Morgan fingerprint density at radius 2 is 2.33 bits per heavy atom. The molecule has 1 aliphatic heterocycles. The summed E-state index contributed by atoms with van der Waals surface area (Å²) in [6.45, 7) is 5.69. The highest BCUT2D eigenvalue weighted by molar-refractivity contribution is 4.92. The van der Waals surface area contributed by atoms with Crippen molar-refractivity contribution in [1.82, 2.24) is 5.32 Å². The predicted octanol–water partition coefficient (Wildman–Crippen LogP) is 0.382. The molecule has 12 heavy (non-hydrogen) atoms. The molecular formula is C9H19NO2. The van der Waals surface area contributed by atoms with Gasteiger partial charge in [-0.2, -0.15) is 0 Å². The lowest BCUT2D eigenvalue weighted by Crippen LogP contribution is -2.56. The number of aliphatic hydroxyl groups excluding tert-OH is 1. The molecular weight excluding hydrogens is 154 g/mol. The van der Waals surface area contributed by atoms with E-state index in [4.69, 9.17) is 4.74 Å². The molecule has 0 radical (unpaired) electrons. The summed E-state index contributed by atoms with van der Waals surface area (Å²) in [4.78, 5) is 0. The number of hydrogen-bond acceptors (Lipinski definition) is 3. The summed E-state index contributed by atoms with van der Waals surface area (Å²) in [5.41, 5.74) is -0.0410. The molecule has 2 N–H and O–H groups in total. The fourth-order valence-electron chi connectivity index (χ4n) is 1.71. The highest BCUT2D eigenvalue weighted by atomic mass is 16.5. The molecule has 0 saturated carbocycles. The van der Waals surface area contributed by atoms with E-state index in [1.807, 2.05) is 0 Å². The van der Waals surface area contributed by atoms with Crippen LogP contribution in [0.5, 0.6) is 0 Å². The zero-order chi connectivity index (χ0) is 9.19. The van der Waals surface area contributed by atoms with Gasteiger partial charge < -0.3 is 15.2 Å². The maximum atomic E-state index is 9.64. The molecule has 0 aromatic rings. The van der Waals surface area contributed by atoms with Gasteiger partial charge in [-0.3, -0.25) is 0 Å². The van der Waals surface area contributed by atoms with E-state index in [9.17, 15) is 5.11 Å². The van der Waals surface area contributed by atoms with E-state index < -0.39 is 0 Å². The Kier molecular flexibility index (Phi) is 3.09. The minimum Gasteiger partial charge on any atom is -0.393 e. The van der Waals surface area contributed by atoms with Crippen LogP contribution in [0.1, 0.15) is 20.3 Å². The maximum absolute atomic E-state index is 9.64. The van der Waals surface area contributed by atoms with Crippen LogP contribution in [0.4, 0.5) is 0 Å². The lowest BCUT2D eigenvalue weighted by Gasteiger charge is -2.40. The molecule has 1 rings (SSSR count). The highest BCUT2D eigenvalue weighted by Crippen LogP contribution is 2.22. The lowest BCUT2D eigenvalue weighted by molar-refractivity contribution is 0.00871. The van der Waals surface area contributed by atoms with Crippen LogP contribution < -0.4 is 5.32 Å². The Morgan fingerprint density at radius 3 is 2.83 bits per heavy atom. The second-order valence-electron chi connectivity index (χ2n) is 4.12. The summed E-state index contributed by atoms with van der Waals surface area (Å²) in [7, 11) is 1.69. The van der Waals surface area contributed by atoms with E-state index in [1.165, 1.54) is 0 Å². The van der Waals surface area contributed by atoms with Gasteiger partial charge in [0.15, 0.2) is 0 Å². The van der Waals surface area contributed by atoms with Gasteiger partial charge in [0.25, 0.3) is 0 Å². The summed E-state index contributed by atoms with van der Waals surface area (Å²) >= 11 is 0. The first-order valence-electron chi connectivity index (χ1n) is 4.49. The Morgan fingerprint density at radius 1 is 1.67 bits per heavy atom. The van der Waals surface area contributed by atoms with Gasteiger partial charge in [-0.1, -0.05) is 6.92 Å². The van der Waals surface area contributed by atoms with E-state index in [-0.39, 0.29) is 11.6 Å². The first-order chi connectivity index (χ1) is 5.57. The fraction of sp³-hybridized carbons (Fsp3) is 1.00.